The number of methoxy groups -OCH3 is 1. The van der Waals surface area contributed by atoms with Crippen molar-refractivity contribution in [2.24, 2.45) is 0 Å². The molecule has 4 nitrogen and oxygen atoms in total. The van der Waals surface area contributed by atoms with Gasteiger partial charge in [-0.3, -0.25) is 4.79 Å². The van der Waals surface area contributed by atoms with E-state index in [1.54, 1.807) is 7.11 Å². The van der Waals surface area contributed by atoms with Crippen molar-refractivity contribution in [1.82, 2.24) is 10.6 Å². The molecule has 1 atom stereocenters. The summed E-state index contributed by atoms with van der Waals surface area (Å²) < 4.78 is 5.31. The molecule has 0 aromatic heterocycles. The van der Waals surface area contributed by atoms with Gasteiger partial charge in [-0.1, -0.05) is 18.2 Å². The Hall–Kier alpha value is -1.55. The smallest absolute Gasteiger partial charge is 0.221 e. The maximum atomic E-state index is 11.8. The fraction of sp³-hybridized carbons (Fsp3) is 0.533. The molecule has 1 aliphatic carbocycles. The van der Waals surface area contributed by atoms with E-state index in [1.807, 2.05) is 31.2 Å². The summed E-state index contributed by atoms with van der Waals surface area (Å²) in [5.41, 5.74) is 1.01. The van der Waals surface area contributed by atoms with Crippen molar-refractivity contribution >= 4 is 5.91 Å². The fourth-order valence-electron chi connectivity index (χ4n) is 2.09. The number of hydrogen-bond acceptors (Lipinski definition) is 3. The highest BCUT2D eigenvalue weighted by atomic mass is 16.5. The van der Waals surface area contributed by atoms with Crippen LogP contribution in [0.1, 0.15) is 37.8 Å². The zero-order chi connectivity index (χ0) is 13.7. The predicted octanol–water partition coefficient (Wildman–Crippen LogP) is 2.01. The second-order valence-corrected chi connectivity index (χ2v) is 5.01. The Kier molecular flexibility index (Phi) is 4.80. The SMILES string of the molecule is COc1ccccc1C(C)NC(=O)CCNC1CC1. The van der Waals surface area contributed by atoms with Crippen molar-refractivity contribution in [3.63, 3.8) is 0 Å². The van der Waals surface area contributed by atoms with Gasteiger partial charge in [0.2, 0.25) is 5.91 Å². The Morgan fingerprint density at radius 3 is 2.84 bits per heavy atom. The highest BCUT2D eigenvalue weighted by Gasteiger charge is 2.20. The minimum Gasteiger partial charge on any atom is -0.496 e. The van der Waals surface area contributed by atoms with Gasteiger partial charge in [0, 0.05) is 24.6 Å². The van der Waals surface area contributed by atoms with Gasteiger partial charge < -0.3 is 15.4 Å². The second kappa shape index (κ2) is 6.57. The van der Waals surface area contributed by atoms with Crippen molar-refractivity contribution in [1.29, 1.82) is 0 Å². The van der Waals surface area contributed by atoms with Crippen molar-refractivity contribution in [2.45, 2.75) is 38.3 Å². The Morgan fingerprint density at radius 2 is 2.16 bits per heavy atom. The summed E-state index contributed by atoms with van der Waals surface area (Å²) in [6.07, 6.45) is 3.02. The molecule has 1 unspecified atom stereocenters. The van der Waals surface area contributed by atoms with Crippen LogP contribution in [0.4, 0.5) is 0 Å². The summed E-state index contributed by atoms with van der Waals surface area (Å²) in [4.78, 5) is 11.8. The first-order valence-electron chi connectivity index (χ1n) is 6.86. The third-order valence-electron chi connectivity index (χ3n) is 3.35. The van der Waals surface area contributed by atoms with Crippen molar-refractivity contribution < 1.29 is 9.53 Å². The van der Waals surface area contributed by atoms with Gasteiger partial charge in [-0.2, -0.15) is 0 Å². The van der Waals surface area contributed by atoms with Crippen LogP contribution in [0.5, 0.6) is 5.75 Å². The van der Waals surface area contributed by atoms with Gasteiger partial charge in [-0.05, 0) is 25.8 Å². The highest BCUT2D eigenvalue weighted by Crippen LogP contribution is 2.24. The molecular formula is C15H22N2O2. The largest absolute Gasteiger partial charge is 0.496 e. The van der Waals surface area contributed by atoms with Crippen molar-refractivity contribution in [2.75, 3.05) is 13.7 Å². The maximum Gasteiger partial charge on any atom is 0.221 e. The van der Waals surface area contributed by atoms with E-state index in [4.69, 9.17) is 4.74 Å². The van der Waals surface area contributed by atoms with Gasteiger partial charge in [0.25, 0.3) is 0 Å². The molecule has 2 N–H and O–H groups in total. The Balaban J connectivity index is 1.81. The summed E-state index contributed by atoms with van der Waals surface area (Å²) in [7, 11) is 1.65. The number of carbonyl (C=O) groups excluding carboxylic acids is 1. The number of para-hydroxylation sites is 1. The average molecular weight is 262 g/mol. The minimum absolute atomic E-state index is 0.0374. The van der Waals surface area contributed by atoms with Crippen molar-refractivity contribution in [3.05, 3.63) is 29.8 Å². The third-order valence-corrected chi connectivity index (χ3v) is 3.35. The highest BCUT2D eigenvalue weighted by molar-refractivity contribution is 5.76. The standard InChI is InChI=1S/C15H22N2O2/c1-11(13-5-3-4-6-14(13)19-2)17-15(18)9-10-16-12-7-8-12/h3-6,11-12,16H,7-10H2,1-2H3,(H,17,18). The van der Waals surface area contributed by atoms with Crippen LogP contribution < -0.4 is 15.4 Å². The second-order valence-electron chi connectivity index (χ2n) is 5.01. The summed E-state index contributed by atoms with van der Waals surface area (Å²) in [5, 5.41) is 6.34. The average Bonchev–Trinajstić information content (AvgIpc) is 3.22. The first kappa shape index (κ1) is 13.9. The van der Waals surface area contributed by atoms with E-state index < -0.39 is 0 Å². The number of ether oxygens (including phenoxy) is 1. The Bertz CT molecular complexity index is 430. The topological polar surface area (TPSA) is 50.4 Å². The molecule has 19 heavy (non-hydrogen) atoms. The monoisotopic (exact) mass is 262 g/mol. The molecule has 2 rings (SSSR count). The summed E-state index contributed by atoms with van der Waals surface area (Å²) >= 11 is 0. The molecule has 1 aliphatic rings. The molecule has 1 fully saturated rings. The zero-order valence-corrected chi connectivity index (χ0v) is 11.6. The molecule has 104 valence electrons. The molecule has 1 aromatic carbocycles. The van der Waals surface area contributed by atoms with E-state index in [9.17, 15) is 4.79 Å². The number of amides is 1. The van der Waals surface area contributed by atoms with E-state index in [-0.39, 0.29) is 11.9 Å². The van der Waals surface area contributed by atoms with Crippen LogP contribution in [-0.2, 0) is 4.79 Å². The predicted molar refractivity (Wildman–Crippen MR) is 75.2 cm³/mol. The Labute approximate surface area is 114 Å². The lowest BCUT2D eigenvalue weighted by atomic mass is 10.1. The quantitative estimate of drug-likeness (QED) is 0.790. The van der Waals surface area contributed by atoms with E-state index in [0.717, 1.165) is 17.9 Å². The molecule has 0 saturated heterocycles. The van der Waals surface area contributed by atoms with E-state index in [0.29, 0.717) is 12.5 Å². The lowest BCUT2D eigenvalue weighted by Crippen LogP contribution is -2.30. The van der Waals surface area contributed by atoms with Gasteiger partial charge in [-0.25, -0.2) is 0 Å². The minimum atomic E-state index is -0.0374. The van der Waals surface area contributed by atoms with E-state index in [1.165, 1.54) is 12.8 Å². The number of hydrogen-bond donors (Lipinski definition) is 2. The lowest BCUT2D eigenvalue weighted by Gasteiger charge is -2.17. The molecule has 0 aliphatic heterocycles. The summed E-state index contributed by atoms with van der Waals surface area (Å²) in [5.74, 6) is 0.887. The molecule has 1 aromatic rings. The fourth-order valence-corrected chi connectivity index (χ4v) is 2.09. The lowest BCUT2D eigenvalue weighted by molar-refractivity contribution is -0.121. The van der Waals surface area contributed by atoms with Crippen LogP contribution in [0.25, 0.3) is 0 Å². The molecule has 0 heterocycles. The van der Waals surface area contributed by atoms with Crippen LogP contribution in [-0.4, -0.2) is 25.6 Å². The Morgan fingerprint density at radius 1 is 1.42 bits per heavy atom. The van der Waals surface area contributed by atoms with Crippen LogP contribution in [0.2, 0.25) is 0 Å². The van der Waals surface area contributed by atoms with Gasteiger partial charge in [0.15, 0.2) is 0 Å². The third kappa shape index (κ3) is 4.24. The first-order valence-corrected chi connectivity index (χ1v) is 6.86. The van der Waals surface area contributed by atoms with Crippen molar-refractivity contribution in [3.8, 4) is 5.75 Å². The number of nitrogens with one attached hydrogen (secondary N) is 2. The number of carbonyl (C=O) groups is 1. The number of rotatable bonds is 7. The molecular weight excluding hydrogens is 240 g/mol. The first-order chi connectivity index (χ1) is 9.20. The maximum absolute atomic E-state index is 11.8. The molecule has 1 saturated carbocycles. The van der Waals surface area contributed by atoms with Gasteiger partial charge in [0.1, 0.15) is 5.75 Å². The molecule has 0 bridgehead atoms. The van der Waals surface area contributed by atoms with Crippen LogP contribution in [0.15, 0.2) is 24.3 Å². The van der Waals surface area contributed by atoms with Gasteiger partial charge in [-0.15, -0.1) is 0 Å². The normalized spacial score (nSPS) is 15.9. The van der Waals surface area contributed by atoms with Gasteiger partial charge >= 0.3 is 0 Å². The zero-order valence-electron chi connectivity index (χ0n) is 11.6. The molecule has 1 amide bonds. The van der Waals surface area contributed by atoms with Gasteiger partial charge in [0.05, 0.1) is 13.2 Å². The number of benzene rings is 1. The van der Waals surface area contributed by atoms with E-state index in [2.05, 4.69) is 10.6 Å². The molecule has 0 spiro atoms. The van der Waals surface area contributed by atoms with E-state index >= 15 is 0 Å². The molecule has 4 heteroatoms. The summed E-state index contributed by atoms with van der Waals surface area (Å²) in [6.45, 7) is 2.74. The van der Waals surface area contributed by atoms with Crippen LogP contribution >= 0.6 is 0 Å². The van der Waals surface area contributed by atoms with Crippen LogP contribution in [0, 0.1) is 0 Å². The summed E-state index contributed by atoms with van der Waals surface area (Å²) in [6, 6.07) is 8.38. The van der Waals surface area contributed by atoms with Crippen LogP contribution in [0.3, 0.4) is 0 Å². The molecule has 0 radical (unpaired) electrons.